The molecule has 114 valence electrons. The summed E-state index contributed by atoms with van der Waals surface area (Å²) in [5, 5.41) is 2.73. The van der Waals surface area contributed by atoms with Gasteiger partial charge in [-0.05, 0) is 25.0 Å². The molecule has 0 radical (unpaired) electrons. The molecule has 0 bridgehead atoms. The van der Waals surface area contributed by atoms with Gasteiger partial charge in [-0.25, -0.2) is 8.78 Å². The van der Waals surface area contributed by atoms with Crippen LogP contribution in [0.25, 0.3) is 0 Å². The van der Waals surface area contributed by atoms with E-state index in [4.69, 9.17) is 0 Å². The third-order valence-electron chi connectivity index (χ3n) is 4.00. The maximum Gasteiger partial charge on any atom is 0.252 e. The standard InChI is InChI=1S/C15H18F2N2O2/c1-3-15(4-2)14(21)19(8-7-13(20)18-15)12-9-10(16)5-6-11(12)17/h5-6,9H,3-4,7-8H2,1-2H3,(H,18,20). The fourth-order valence-corrected chi connectivity index (χ4v) is 2.61. The molecule has 1 saturated heterocycles. The number of rotatable bonds is 3. The molecule has 1 aliphatic heterocycles. The maximum absolute atomic E-state index is 14.0. The fourth-order valence-electron chi connectivity index (χ4n) is 2.61. The monoisotopic (exact) mass is 296 g/mol. The van der Waals surface area contributed by atoms with Crippen LogP contribution in [0.3, 0.4) is 0 Å². The predicted octanol–water partition coefficient (Wildman–Crippen LogP) is 2.38. The summed E-state index contributed by atoms with van der Waals surface area (Å²) in [4.78, 5) is 25.8. The number of benzene rings is 1. The molecule has 1 fully saturated rings. The van der Waals surface area contributed by atoms with Crippen molar-refractivity contribution >= 4 is 17.5 Å². The van der Waals surface area contributed by atoms with Crippen LogP contribution in [-0.2, 0) is 9.59 Å². The first-order chi connectivity index (χ1) is 9.93. The van der Waals surface area contributed by atoms with E-state index in [2.05, 4.69) is 5.32 Å². The molecule has 1 aromatic rings. The molecule has 1 aliphatic rings. The van der Waals surface area contributed by atoms with Crippen LogP contribution in [0.2, 0.25) is 0 Å². The van der Waals surface area contributed by atoms with E-state index in [-0.39, 0.29) is 24.6 Å². The summed E-state index contributed by atoms with van der Waals surface area (Å²) < 4.78 is 27.3. The minimum atomic E-state index is -1.06. The molecule has 4 nitrogen and oxygen atoms in total. The van der Waals surface area contributed by atoms with Crippen LogP contribution in [0, 0.1) is 11.6 Å². The third-order valence-corrected chi connectivity index (χ3v) is 4.00. The number of hydrogen-bond donors (Lipinski definition) is 1. The Labute approximate surface area is 122 Å². The van der Waals surface area contributed by atoms with Gasteiger partial charge in [0.1, 0.15) is 17.2 Å². The van der Waals surface area contributed by atoms with E-state index in [0.29, 0.717) is 12.8 Å². The smallest absolute Gasteiger partial charge is 0.252 e. The molecule has 1 N–H and O–H groups in total. The first-order valence-corrected chi connectivity index (χ1v) is 7.01. The van der Waals surface area contributed by atoms with Crippen molar-refractivity contribution in [2.75, 3.05) is 11.4 Å². The summed E-state index contributed by atoms with van der Waals surface area (Å²) >= 11 is 0. The number of nitrogens with zero attached hydrogens (tertiary/aromatic N) is 1. The summed E-state index contributed by atoms with van der Waals surface area (Å²) in [5.41, 5.74) is -1.19. The Bertz CT molecular complexity index is 571. The van der Waals surface area contributed by atoms with E-state index in [9.17, 15) is 18.4 Å². The number of halogens is 2. The normalized spacial score (nSPS) is 18.4. The summed E-state index contributed by atoms with van der Waals surface area (Å²) in [6, 6.07) is 2.97. The first-order valence-electron chi connectivity index (χ1n) is 7.01. The molecular formula is C15H18F2N2O2. The molecule has 0 aromatic heterocycles. The second-order valence-electron chi connectivity index (χ2n) is 5.14. The van der Waals surface area contributed by atoms with E-state index in [1.54, 1.807) is 13.8 Å². The van der Waals surface area contributed by atoms with Crippen molar-refractivity contribution in [3.8, 4) is 0 Å². The summed E-state index contributed by atoms with van der Waals surface area (Å²) in [6.07, 6.45) is 0.840. The molecule has 21 heavy (non-hydrogen) atoms. The molecule has 0 unspecified atom stereocenters. The largest absolute Gasteiger partial charge is 0.342 e. The molecule has 0 aliphatic carbocycles. The van der Waals surface area contributed by atoms with Crippen molar-refractivity contribution in [1.29, 1.82) is 0 Å². The Hall–Kier alpha value is -1.98. The fraction of sp³-hybridized carbons (Fsp3) is 0.467. The summed E-state index contributed by atoms with van der Waals surface area (Å²) in [5.74, 6) is -1.96. The van der Waals surface area contributed by atoms with Crippen LogP contribution in [0.1, 0.15) is 33.1 Å². The van der Waals surface area contributed by atoms with E-state index in [0.717, 1.165) is 18.2 Å². The minimum absolute atomic E-state index is 0.0345. The molecule has 1 aromatic carbocycles. The van der Waals surface area contributed by atoms with Crippen LogP contribution in [0.5, 0.6) is 0 Å². The van der Waals surface area contributed by atoms with Gasteiger partial charge in [0.15, 0.2) is 0 Å². The summed E-state index contributed by atoms with van der Waals surface area (Å²) in [7, 11) is 0. The lowest BCUT2D eigenvalue weighted by Gasteiger charge is -2.33. The number of nitrogens with one attached hydrogen (secondary N) is 1. The zero-order valence-electron chi connectivity index (χ0n) is 12.1. The topological polar surface area (TPSA) is 49.4 Å². The van der Waals surface area contributed by atoms with Gasteiger partial charge in [0.25, 0.3) is 5.91 Å². The highest BCUT2D eigenvalue weighted by Gasteiger charge is 2.42. The van der Waals surface area contributed by atoms with Gasteiger partial charge in [-0.15, -0.1) is 0 Å². The number of carbonyl (C=O) groups is 2. The van der Waals surface area contributed by atoms with Crippen molar-refractivity contribution < 1.29 is 18.4 Å². The molecule has 0 spiro atoms. The molecule has 0 saturated carbocycles. The van der Waals surface area contributed by atoms with Crippen molar-refractivity contribution in [2.24, 2.45) is 0 Å². The van der Waals surface area contributed by atoms with Crippen molar-refractivity contribution in [1.82, 2.24) is 5.32 Å². The number of amides is 2. The molecule has 2 amide bonds. The lowest BCUT2D eigenvalue weighted by atomic mass is 9.91. The Morgan fingerprint density at radius 1 is 1.24 bits per heavy atom. The Balaban J connectivity index is 2.49. The first kappa shape index (κ1) is 15.4. The minimum Gasteiger partial charge on any atom is -0.342 e. The second-order valence-corrected chi connectivity index (χ2v) is 5.14. The maximum atomic E-state index is 14.0. The van der Waals surface area contributed by atoms with Crippen LogP contribution < -0.4 is 10.2 Å². The van der Waals surface area contributed by atoms with Crippen molar-refractivity contribution in [3.05, 3.63) is 29.8 Å². The van der Waals surface area contributed by atoms with Gasteiger partial charge in [-0.2, -0.15) is 0 Å². The zero-order valence-corrected chi connectivity index (χ0v) is 12.1. The van der Waals surface area contributed by atoms with Crippen molar-refractivity contribution in [2.45, 2.75) is 38.6 Å². The molecule has 1 heterocycles. The average Bonchev–Trinajstić information content (AvgIpc) is 2.59. The quantitative estimate of drug-likeness (QED) is 0.931. The van der Waals surface area contributed by atoms with Crippen LogP contribution >= 0.6 is 0 Å². The lowest BCUT2D eigenvalue weighted by Crippen LogP contribution is -2.56. The zero-order chi connectivity index (χ0) is 15.6. The van der Waals surface area contributed by atoms with Gasteiger partial charge in [-0.1, -0.05) is 13.8 Å². The van der Waals surface area contributed by atoms with Gasteiger partial charge in [0.05, 0.1) is 5.69 Å². The van der Waals surface area contributed by atoms with Crippen molar-refractivity contribution in [3.63, 3.8) is 0 Å². The third kappa shape index (κ3) is 2.75. The Morgan fingerprint density at radius 2 is 1.90 bits per heavy atom. The van der Waals surface area contributed by atoms with E-state index < -0.39 is 23.1 Å². The predicted molar refractivity (Wildman–Crippen MR) is 74.8 cm³/mol. The van der Waals surface area contributed by atoms with Crippen LogP contribution in [0.4, 0.5) is 14.5 Å². The number of carbonyl (C=O) groups excluding carboxylic acids is 2. The van der Waals surface area contributed by atoms with E-state index in [1.165, 1.54) is 4.90 Å². The average molecular weight is 296 g/mol. The highest BCUT2D eigenvalue weighted by molar-refractivity contribution is 6.04. The second kappa shape index (κ2) is 5.79. The Morgan fingerprint density at radius 3 is 2.52 bits per heavy atom. The summed E-state index contributed by atoms with van der Waals surface area (Å²) in [6.45, 7) is 3.60. The van der Waals surface area contributed by atoms with Crippen LogP contribution in [-0.4, -0.2) is 23.9 Å². The lowest BCUT2D eigenvalue weighted by molar-refractivity contribution is -0.130. The SMILES string of the molecule is CCC1(CC)NC(=O)CCN(c2cc(F)ccc2F)C1=O. The Kier molecular flexibility index (Phi) is 4.25. The van der Waals surface area contributed by atoms with Gasteiger partial charge in [0, 0.05) is 19.0 Å². The van der Waals surface area contributed by atoms with Gasteiger partial charge in [-0.3, -0.25) is 9.59 Å². The van der Waals surface area contributed by atoms with Gasteiger partial charge >= 0.3 is 0 Å². The number of anilines is 1. The number of hydrogen-bond acceptors (Lipinski definition) is 2. The van der Waals surface area contributed by atoms with Crippen LogP contribution in [0.15, 0.2) is 18.2 Å². The van der Waals surface area contributed by atoms with E-state index >= 15 is 0 Å². The van der Waals surface area contributed by atoms with E-state index in [1.807, 2.05) is 0 Å². The molecular weight excluding hydrogens is 278 g/mol. The van der Waals surface area contributed by atoms with Gasteiger partial charge < -0.3 is 10.2 Å². The molecule has 2 rings (SSSR count). The highest BCUT2D eigenvalue weighted by atomic mass is 19.1. The van der Waals surface area contributed by atoms with Gasteiger partial charge in [0.2, 0.25) is 5.91 Å². The molecule has 6 heteroatoms. The highest BCUT2D eigenvalue weighted by Crippen LogP contribution is 2.28. The molecule has 0 atom stereocenters.